The average Bonchev–Trinajstić information content (AvgIpc) is 2.58. The summed E-state index contributed by atoms with van der Waals surface area (Å²) in [6, 6.07) is 0.883. The number of hydrogen-bond donors (Lipinski definition) is 2. The maximum Gasteiger partial charge on any atom is 0.0693 e. The molecule has 0 spiro atoms. The van der Waals surface area contributed by atoms with Crippen LogP contribution in [-0.4, -0.2) is 47.8 Å². The van der Waals surface area contributed by atoms with Crippen LogP contribution in [0.1, 0.15) is 44.9 Å². The minimum Gasteiger partial charge on any atom is -0.392 e. The minimum atomic E-state index is -0.142. The highest BCUT2D eigenvalue weighted by molar-refractivity contribution is 4.91. The Bertz CT molecular complexity index is 279. The lowest BCUT2D eigenvalue weighted by molar-refractivity contribution is 0.103. The van der Waals surface area contributed by atoms with Crippen LogP contribution in [0.3, 0.4) is 0 Å². The van der Waals surface area contributed by atoms with Gasteiger partial charge in [0.15, 0.2) is 0 Å². The van der Waals surface area contributed by atoms with Crippen molar-refractivity contribution >= 4 is 0 Å². The number of likely N-dealkylation sites (tertiary alicyclic amines) is 1. The fourth-order valence-electron chi connectivity index (χ4n) is 3.17. The lowest BCUT2D eigenvalue weighted by Gasteiger charge is -2.34. The summed E-state index contributed by atoms with van der Waals surface area (Å²) in [6.07, 6.45) is 13.3. The molecule has 2 N–H and O–H groups in total. The molecule has 1 aliphatic carbocycles. The van der Waals surface area contributed by atoms with Crippen molar-refractivity contribution in [3.05, 3.63) is 0 Å². The van der Waals surface area contributed by atoms with E-state index in [-0.39, 0.29) is 6.10 Å². The monoisotopic (exact) mass is 250 g/mol. The van der Waals surface area contributed by atoms with Gasteiger partial charge in [0.2, 0.25) is 0 Å². The quantitative estimate of drug-likeness (QED) is 0.586. The van der Waals surface area contributed by atoms with Gasteiger partial charge in [-0.3, -0.25) is 4.90 Å². The Morgan fingerprint density at radius 1 is 1.11 bits per heavy atom. The van der Waals surface area contributed by atoms with Crippen LogP contribution in [0.4, 0.5) is 0 Å². The molecule has 0 bridgehead atoms. The largest absolute Gasteiger partial charge is 0.392 e. The molecule has 2 aliphatic rings. The average molecular weight is 250 g/mol. The zero-order valence-electron chi connectivity index (χ0n) is 11.3. The Kier molecular flexibility index (Phi) is 5.49. The van der Waals surface area contributed by atoms with Gasteiger partial charge in [0.1, 0.15) is 0 Å². The van der Waals surface area contributed by atoms with E-state index in [0.717, 1.165) is 45.3 Å². The Morgan fingerprint density at radius 3 is 2.56 bits per heavy atom. The number of terminal acetylenes is 1. The summed E-state index contributed by atoms with van der Waals surface area (Å²) in [6.45, 7) is 2.95. The molecular weight excluding hydrogens is 224 g/mol. The summed E-state index contributed by atoms with van der Waals surface area (Å²) >= 11 is 0. The van der Waals surface area contributed by atoms with Crippen molar-refractivity contribution in [3.8, 4) is 12.3 Å². The van der Waals surface area contributed by atoms with E-state index in [9.17, 15) is 5.11 Å². The predicted molar refractivity (Wildman–Crippen MR) is 74.3 cm³/mol. The van der Waals surface area contributed by atoms with Crippen molar-refractivity contribution in [1.82, 2.24) is 10.2 Å². The fraction of sp³-hybridized carbons (Fsp3) is 0.867. The van der Waals surface area contributed by atoms with Gasteiger partial charge in [0.05, 0.1) is 12.6 Å². The highest BCUT2D eigenvalue weighted by Gasteiger charge is 2.26. The molecule has 1 saturated carbocycles. The SMILES string of the molecule is C#CCN1CCC(NC2CCCCCC2O)CC1. The van der Waals surface area contributed by atoms with Gasteiger partial charge in [0.25, 0.3) is 0 Å². The molecule has 3 nitrogen and oxygen atoms in total. The van der Waals surface area contributed by atoms with Crippen LogP contribution in [0, 0.1) is 12.3 Å². The molecule has 0 radical (unpaired) electrons. The summed E-state index contributed by atoms with van der Waals surface area (Å²) in [7, 11) is 0. The van der Waals surface area contributed by atoms with Gasteiger partial charge >= 0.3 is 0 Å². The minimum absolute atomic E-state index is 0.142. The van der Waals surface area contributed by atoms with Crippen molar-refractivity contribution in [2.75, 3.05) is 19.6 Å². The first-order valence-corrected chi connectivity index (χ1v) is 7.39. The molecular formula is C15H26N2O. The van der Waals surface area contributed by atoms with Gasteiger partial charge in [-0.25, -0.2) is 0 Å². The van der Waals surface area contributed by atoms with Crippen molar-refractivity contribution in [2.45, 2.75) is 63.1 Å². The lowest BCUT2D eigenvalue weighted by atomic mass is 10.00. The molecule has 18 heavy (non-hydrogen) atoms. The smallest absolute Gasteiger partial charge is 0.0693 e. The Labute approximate surface area is 111 Å². The van der Waals surface area contributed by atoms with Gasteiger partial charge in [-0.1, -0.05) is 25.2 Å². The number of piperidine rings is 1. The molecule has 3 heteroatoms. The van der Waals surface area contributed by atoms with Crippen LogP contribution in [0.15, 0.2) is 0 Å². The lowest BCUT2D eigenvalue weighted by Crippen LogP contribution is -2.49. The van der Waals surface area contributed by atoms with Crippen LogP contribution in [0.25, 0.3) is 0 Å². The Morgan fingerprint density at radius 2 is 1.83 bits per heavy atom. The van der Waals surface area contributed by atoms with Crippen LogP contribution < -0.4 is 5.32 Å². The summed E-state index contributed by atoms with van der Waals surface area (Å²) in [5, 5.41) is 13.8. The van der Waals surface area contributed by atoms with Crippen LogP contribution in [-0.2, 0) is 0 Å². The second-order valence-electron chi connectivity index (χ2n) is 5.73. The second kappa shape index (κ2) is 7.13. The number of rotatable bonds is 3. The molecule has 0 aromatic carbocycles. The topological polar surface area (TPSA) is 35.5 Å². The highest BCUT2D eigenvalue weighted by Crippen LogP contribution is 2.20. The Balaban J connectivity index is 1.75. The first-order chi connectivity index (χ1) is 8.79. The van der Waals surface area contributed by atoms with Gasteiger partial charge in [-0.15, -0.1) is 6.42 Å². The van der Waals surface area contributed by atoms with E-state index < -0.39 is 0 Å². The van der Waals surface area contributed by atoms with Crippen LogP contribution in [0.2, 0.25) is 0 Å². The zero-order valence-corrected chi connectivity index (χ0v) is 11.3. The van der Waals surface area contributed by atoms with E-state index >= 15 is 0 Å². The molecule has 1 saturated heterocycles. The summed E-state index contributed by atoms with van der Waals surface area (Å²) in [4.78, 5) is 2.34. The van der Waals surface area contributed by atoms with E-state index in [4.69, 9.17) is 6.42 Å². The number of hydrogen-bond acceptors (Lipinski definition) is 3. The van der Waals surface area contributed by atoms with Gasteiger partial charge in [0, 0.05) is 25.2 Å². The highest BCUT2D eigenvalue weighted by atomic mass is 16.3. The van der Waals surface area contributed by atoms with Crippen molar-refractivity contribution in [3.63, 3.8) is 0 Å². The summed E-state index contributed by atoms with van der Waals surface area (Å²) in [5.41, 5.74) is 0. The third-order valence-corrected chi connectivity index (χ3v) is 4.33. The number of aliphatic hydroxyl groups excluding tert-OH is 1. The standard InChI is InChI=1S/C15H26N2O/c1-2-10-17-11-8-13(9-12-17)16-14-6-4-3-5-7-15(14)18/h1,13-16,18H,3-12H2. The van der Waals surface area contributed by atoms with E-state index in [2.05, 4.69) is 16.1 Å². The van der Waals surface area contributed by atoms with Crippen molar-refractivity contribution < 1.29 is 5.11 Å². The normalized spacial score (nSPS) is 31.8. The van der Waals surface area contributed by atoms with E-state index in [1.54, 1.807) is 0 Å². The molecule has 2 atom stereocenters. The number of nitrogens with zero attached hydrogens (tertiary/aromatic N) is 1. The first-order valence-electron chi connectivity index (χ1n) is 7.39. The number of nitrogens with one attached hydrogen (secondary N) is 1. The van der Waals surface area contributed by atoms with Gasteiger partial charge in [-0.2, -0.15) is 0 Å². The van der Waals surface area contributed by atoms with Crippen LogP contribution >= 0.6 is 0 Å². The zero-order chi connectivity index (χ0) is 12.8. The maximum atomic E-state index is 10.1. The molecule has 0 aromatic rings. The molecule has 102 valence electrons. The van der Waals surface area contributed by atoms with Gasteiger partial charge in [-0.05, 0) is 25.7 Å². The fourth-order valence-corrected chi connectivity index (χ4v) is 3.17. The van der Waals surface area contributed by atoms with Crippen LogP contribution in [0.5, 0.6) is 0 Å². The van der Waals surface area contributed by atoms with Crippen molar-refractivity contribution in [2.24, 2.45) is 0 Å². The molecule has 1 aliphatic heterocycles. The second-order valence-corrected chi connectivity index (χ2v) is 5.73. The molecule has 2 fully saturated rings. The molecule has 0 amide bonds. The summed E-state index contributed by atoms with van der Waals surface area (Å²) in [5.74, 6) is 2.71. The molecule has 0 aromatic heterocycles. The molecule has 1 heterocycles. The van der Waals surface area contributed by atoms with Crippen molar-refractivity contribution in [1.29, 1.82) is 0 Å². The third-order valence-electron chi connectivity index (χ3n) is 4.33. The summed E-state index contributed by atoms with van der Waals surface area (Å²) < 4.78 is 0. The maximum absolute atomic E-state index is 10.1. The predicted octanol–water partition coefficient (Wildman–Crippen LogP) is 1.37. The van der Waals surface area contributed by atoms with Gasteiger partial charge < -0.3 is 10.4 Å². The first kappa shape index (κ1) is 13.9. The molecule has 2 unspecified atom stereocenters. The van der Waals surface area contributed by atoms with E-state index in [1.807, 2.05) is 0 Å². The molecule has 2 rings (SSSR count). The third kappa shape index (κ3) is 3.98. The number of aliphatic hydroxyl groups is 1. The Hall–Kier alpha value is -0.560. The van der Waals surface area contributed by atoms with E-state index in [1.165, 1.54) is 19.3 Å². The van der Waals surface area contributed by atoms with E-state index in [0.29, 0.717) is 12.1 Å².